The predicted octanol–water partition coefficient (Wildman–Crippen LogP) is 6.70. The van der Waals surface area contributed by atoms with Gasteiger partial charge < -0.3 is 19.6 Å². The van der Waals surface area contributed by atoms with Gasteiger partial charge in [0.25, 0.3) is 0 Å². The topological polar surface area (TPSA) is 116 Å². The Balaban J connectivity index is 1.22. The summed E-state index contributed by atoms with van der Waals surface area (Å²) >= 11 is 0. The fourth-order valence-electron chi connectivity index (χ4n) is 4.67. The van der Waals surface area contributed by atoms with E-state index in [-0.39, 0.29) is 16.9 Å². The molecule has 0 bridgehead atoms. The van der Waals surface area contributed by atoms with Gasteiger partial charge >= 0.3 is 6.18 Å². The van der Waals surface area contributed by atoms with Crippen molar-refractivity contribution in [2.45, 2.75) is 19.5 Å². The Bertz CT molecular complexity index is 2010. The van der Waals surface area contributed by atoms with Gasteiger partial charge in [-0.25, -0.2) is 14.6 Å². The number of ether oxygens (including phenoxy) is 1. The number of aromatic nitrogens is 7. The minimum absolute atomic E-state index is 0.0228. The van der Waals surface area contributed by atoms with Crippen molar-refractivity contribution in [2.24, 2.45) is 7.05 Å². The summed E-state index contributed by atoms with van der Waals surface area (Å²) in [6, 6.07) is 14.1. The molecule has 2 aromatic carbocycles. The summed E-state index contributed by atoms with van der Waals surface area (Å²) in [6.45, 7) is 5.57. The van der Waals surface area contributed by atoms with Crippen molar-refractivity contribution < 1.29 is 22.7 Å². The number of benzene rings is 2. The molecule has 4 heterocycles. The number of Topliss-reactive ketones (excluding diaryl/α,β-unsaturated/α-hetero) is 1. The molecule has 2 N–H and O–H groups in total. The number of alkyl halides is 3. The largest absolute Gasteiger partial charge is 0.457 e. The van der Waals surface area contributed by atoms with Crippen LogP contribution in [0.3, 0.4) is 0 Å². The lowest BCUT2D eigenvalue weighted by Crippen LogP contribution is -2.16. The van der Waals surface area contributed by atoms with Gasteiger partial charge in [0.15, 0.2) is 11.6 Å². The molecule has 0 aliphatic carbocycles. The van der Waals surface area contributed by atoms with Crippen LogP contribution in [0.15, 0.2) is 86.0 Å². The van der Waals surface area contributed by atoms with E-state index in [4.69, 9.17) is 4.74 Å². The summed E-state index contributed by atoms with van der Waals surface area (Å²) in [5.74, 6) is 1.42. The monoisotopic (exact) mass is 598 g/mol. The molecule has 0 radical (unpaired) electrons. The zero-order valence-corrected chi connectivity index (χ0v) is 23.6. The molecule has 0 aliphatic rings. The molecule has 0 aliphatic heterocycles. The summed E-state index contributed by atoms with van der Waals surface area (Å²) in [5, 5.41) is 6.89. The number of carbonyl (C=O) groups is 1. The number of hydrogen-bond donors (Lipinski definition) is 2. The van der Waals surface area contributed by atoms with Gasteiger partial charge in [-0.1, -0.05) is 12.6 Å². The van der Waals surface area contributed by atoms with Gasteiger partial charge in [0.2, 0.25) is 5.95 Å². The predicted molar refractivity (Wildman–Crippen MR) is 158 cm³/mol. The SMILES string of the molecule is C=C(C(=O)Cc1ccc(Nc2nc3cc(Oc4ccnc(-c5ncc(C)[nH]5)c4)ccc3n2C)cc1C(F)(F)F)n1cccn1. The first kappa shape index (κ1) is 28.4. The van der Waals surface area contributed by atoms with Gasteiger partial charge in [0, 0.05) is 61.8 Å². The third-order valence-corrected chi connectivity index (χ3v) is 6.89. The molecule has 6 rings (SSSR count). The second-order valence-corrected chi connectivity index (χ2v) is 10.0. The summed E-state index contributed by atoms with van der Waals surface area (Å²) in [7, 11) is 1.75. The number of rotatable bonds is 9. The molecule has 13 heteroatoms. The number of nitrogens with zero attached hydrogens (tertiary/aromatic N) is 6. The van der Waals surface area contributed by atoms with Crippen molar-refractivity contribution in [1.82, 2.24) is 34.3 Å². The first-order valence-corrected chi connectivity index (χ1v) is 13.4. The third-order valence-electron chi connectivity index (χ3n) is 6.89. The van der Waals surface area contributed by atoms with E-state index in [1.807, 2.05) is 13.0 Å². The van der Waals surface area contributed by atoms with E-state index >= 15 is 0 Å². The Morgan fingerprint density at radius 2 is 1.89 bits per heavy atom. The fourth-order valence-corrected chi connectivity index (χ4v) is 4.67. The molecule has 6 aromatic rings. The molecule has 4 aromatic heterocycles. The highest BCUT2D eigenvalue weighted by Crippen LogP contribution is 2.36. The van der Waals surface area contributed by atoms with Crippen molar-refractivity contribution in [2.75, 3.05) is 5.32 Å². The number of ketones is 1. The van der Waals surface area contributed by atoms with E-state index in [2.05, 4.69) is 36.9 Å². The number of anilines is 2. The fraction of sp³-hybridized carbons (Fsp3) is 0.129. The standard InChI is InChI=1S/C31H25F3N8O2/c1-18-17-36-29(38-18)26-16-23(9-11-35-26)44-22-7-8-27-25(15-22)40-30(41(27)3)39-21-6-5-20(24(14-21)31(32,33)34)13-28(43)19(2)42-12-4-10-37-42/h4-12,14-17H,2,13H2,1,3H3,(H,36,38)(H,39,40). The van der Waals surface area contributed by atoms with Crippen LogP contribution in [0.4, 0.5) is 24.8 Å². The van der Waals surface area contributed by atoms with Crippen molar-refractivity contribution in [3.05, 3.63) is 103 Å². The molecule has 0 saturated heterocycles. The number of aryl methyl sites for hydroxylation is 2. The van der Waals surface area contributed by atoms with Crippen LogP contribution in [-0.2, 0) is 24.4 Å². The first-order chi connectivity index (χ1) is 21.0. The smallest absolute Gasteiger partial charge is 0.416 e. The van der Waals surface area contributed by atoms with Crippen LogP contribution in [-0.4, -0.2) is 40.1 Å². The highest BCUT2D eigenvalue weighted by atomic mass is 19.4. The number of aromatic amines is 1. The van der Waals surface area contributed by atoms with E-state index in [1.54, 1.807) is 54.3 Å². The molecule has 0 amide bonds. The Labute approximate surface area is 248 Å². The van der Waals surface area contributed by atoms with Crippen LogP contribution in [0.5, 0.6) is 11.5 Å². The summed E-state index contributed by atoms with van der Waals surface area (Å²) in [4.78, 5) is 29.0. The Morgan fingerprint density at radius 1 is 1.07 bits per heavy atom. The Hall–Kier alpha value is -5.72. The number of fused-ring (bicyclic) bond motifs is 1. The van der Waals surface area contributed by atoms with Crippen LogP contribution < -0.4 is 10.1 Å². The Kier molecular flexibility index (Phi) is 7.21. The molecule has 10 nitrogen and oxygen atoms in total. The zero-order chi connectivity index (χ0) is 31.0. The van der Waals surface area contributed by atoms with Gasteiger partial charge in [0.1, 0.15) is 22.9 Å². The molecule has 0 saturated carbocycles. The van der Waals surface area contributed by atoms with Crippen LogP contribution in [0, 0.1) is 6.92 Å². The van der Waals surface area contributed by atoms with Crippen molar-refractivity contribution in [1.29, 1.82) is 0 Å². The second-order valence-electron chi connectivity index (χ2n) is 10.0. The quantitative estimate of drug-likeness (QED) is 0.178. The maximum atomic E-state index is 14.1. The maximum Gasteiger partial charge on any atom is 0.416 e. The average molecular weight is 599 g/mol. The van der Waals surface area contributed by atoms with Gasteiger partial charge in [-0.2, -0.15) is 18.3 Å². The molecular formula is C31H25F3N8O2. The maximum absolute atomic E-state index is 14.1. The lowest BCUT2D eigenvalue weighted by Gasteiger charge is -2.15. The van der Waals surface area contributed by atoms with E-state index in [0.717, 1.165) is 17.3 Å². The molecule has 222 valence electrons. The van der Waals surface area contributed by atoms with E-state index in [9.17, 15) is 18.0 Å². The number of nitrogens with one attached hydrogen (secondary N) is 2. The highest BCUT2D eigenvalue weighted by molar-refractivity contribution is 6.14. The molecular weight excluding hydrogens is 573 g/mol. The Morgan fingerprint density at radius 3 is 2.61 bits per heavy atom. The van der Waals surface area contributed by atoms with Crippen molar-refractivity contribution in [3.63, 3.8) is 0 Å². The number of pyridine rings is 1. The number of carbonyl (C=O) groups excluding carboxylic acids is 1. The minimum atomic E-state index is -4.69. The van der Waals surface area contributed by atoms with Crippen LogP contribution in [0.25, 0.3) is 28.2 Å². The van der Waals surface area contributed by atoms with Gasteiger partial charge in [-0.05, 0) is 48.9 Å². The first-order valence-electron chi connectivity index (χ1n) is 13.4. The van der Waals surface area contributed by atoms with Crippen LogP contribution >= 0.6 is 0 Å². The van der Waals surface area contributed by atoms with Crippen LogP contribution in [0.2, 0.25) is 0 Å². The van der Waals surface area contributed by atoms with Gasteiger partial charge in [0.05, 0.1) is 16.6 Å². The lowest BCUT2D eigenvalue weighted by molar-refractivity contribution is -0.138. The lowest BCUT2D eigenvalue weighted by atomic mass is 10.00. The molecule has 0 fully saturated rings. The highest BCUT2D eigenvalue weighted by Gasteiger charge is 2.34. The van der Waals surface area contributed by atoms with E-state index < -0.39 is 23.9 Å². The van der Waals surface area contributed by atoms with E-state index in [0.29, 0.717) is 34.5 Å². The van der Waals surface area contributed by atoms with E-state index in [1.165, 1.54) is 29.2 Å². The molecule has 0 unspecified atom stereocenters. The van der Waals surface area contributed by atoms with Gasteiger partial charge in [-0.15, -0.1) is 0 Å². The molecule has 44 heavy (non-hydrogen) atoms. The summed E-state index contributed by atoms with van der Waals surface area (Å²) in [5.41, 5.74) is 1.87. The average Bonchev–Trinajstić information content (AvgIpc) is 3.74. The summed E-state index contributed by atoms with van der Waals surface area (Å²) < 4.78 is 51.2. The molecule has 0 spiro atoms. The number of halogens is 3. The molecule has 0 atom stereocenters. The van der Waals surface area contributed by atoms with Crippen molar-refractivity contribution >= 4 is 34.1 Å². The van der Waals surface area contributed by atoms with Crippen molar-refractivity contribution in [3.8, 4) is 23.0 Å². The second kappa shape index (κ2) is 11.2. The number of H-pyrrole nitrogens is 1. The normalized spacial score (nSPS) is 11.6. The minimum Gasteiger partial charge on any atom is -0.457 e. The van der Waals surface area contributed by atoms with Gasteiger partial charge in [-0.3, -0.25) is 9.78 Å². The number of allylic oxidation sites excluding steroid dienone is 1. The third kappa shape index (κ3) is 5.79. The summed E-state index contributed by atoms with van der Waals surface area (Å²) in [6.07, 6.45) is 1.11. The number of hydrogen-bond acceptors (Lipinski definition) is 7. The van der Waals surface area contributed by atoms with Crippen LogP contribution in [0.1, 0.15) is 16.8 Å². The zero-order valence-electron chi connectivity index (χ0n) is 23.6. The number of imidazole rings is 2.